The molecule has 3 rings (SSSR count). The zero-order valence-corrected chi connectivity index (χ0v) is 8.05. The number of carboxylic acid groups (broad SMARTS) is 1. The number of imidazole rings is 1. The molecule has 1 N–H and O–H groups in total. The predicted octanol–water partition coefficient (Wildman–Crippen LogP) is 1.45. The lowest BCUT2D eigenvalue weighted by Crippen LogP contribution is -2.22. The third-order valence-corrected chi connectivity index (χ3v) is 3.03. The van der Waals surface area contributed by atoms with Crippen LogP contribution in [0.1, 0.15) is 18.7 Å². The average Bonchev–Trinajstić information content (AvgIpc) is 2.93. The predicted molar refractivity (Wildman–Crippen MR) is 53.7 cm³/mol. The number of carbonyl (C=O) groups is 1. The van der Waals surface area contributed by atoms with Crippen molar-refractivity contribution in [3.8, 4) is 0 Å². The minimum Gasteiger partial charge on any atom is -0.480 e. The number of fused-ring (bicyclic) bond motifs is 1. The molecule has 2 aromatic heterocycles. The lowest BCUT2D eigenvalue weighted by atomic mass is 10.1. The van der Waals surface area contributed by atoms with Crippen LogP contribution in [0.2, 0.25) is 0 Å². The first-order valence-electron chi connectivity index (χ1n) is 4.90. The van der Waals surface area contributed by atoms with Gasteiger partial charge >= 0.3 is 5.97 Å². The fraction of sp³-hybridized carbons (Fsp3) is 0.273. The second-order valence-corrected chi connectivity index (χ2v) is 3.96. The van der Waals surface area contributed by atoms with E-state index in [4.69, 9.17) is 0 Å². The Bertz CT molecular complexity index is 540. The van der Waals surface area contributed by atoms with E-state index in [1.54, 1.807) is 6.20 Å². The molecule has 1 saturated carbocycles. The van der Waals surface area contributed by atoms with Crippen LogP contribution in [0.3, 0.4) is 0 Å². The van der Waals surface area contributed by atoms with Crippen LogP contribution < -0.4 is 0 Å². The van der Waals surface area contributed by atoms with Crippen molar-refractivity contribution in [2.45, 2.75) is 18.3 Å². The van der Waals surface area contributed by atoms with E-state index in [-0.39, 0.29) is 0 Å². The normalized spacial score (nSPS) is 17.9. The molecule has 0 unspecified atom stereocenters. The van der Waals surface area contributed by atoms with E-state index in [1.807, 2.05) is 28.8 Å². The maximum absolute atomic E-state index is 11.2. The summed E-state index contributed by atoms with van der Waals surface area (Å²) < 4.78 is 1.86. The average molecular weight is 202 g/mol. The van der Waals surface area contributed by atoms with Gasteiger partial charge in [0.25, 0.3) is 0 Å². The number of carboxylic acids is 1. The molecule has 0 amide bonds. The van der Waals surface area contributed by atoms with Crippen molar-refractivity contribution in [2.24, 2.45) is 0 Å². The van der Waals surface area contributed by atoms with Gasteiger partial charge in [-0.15, -0.1) is 0 Å². The largest absolute Gasteiger partial charge is 0.480 e. The van der Waals surface area contributed by atoms with Crippen LogP contribution in [-0.2, 0) is 10.2 Å². The highest BCUT2D eigenvalue weighted by molar-refractivity contribution is 5.84. The Morgan fingerprint density at radius 1 is 1.47 bits per heavy atom. The van der Waals surface area contributed by atoms with Crippen molar-refractivity contribution in [1.82, 2.24) is 9.38 Å². The lowest BCUT2D eigenvalue weighted by Gasteiger charge is -2.07. The van der Waals surface area contributed by atoms with Crippen LogP contribution in [0.4, 0.5) is 0 Å². The zero-order valence-electron chi connectivity index (χ0n) is 8.05. The van der Waals surface area contributed by atoms with E-state index >= 15 is 0 Å². The summed E-state index contributed by atoms with van der Waals surface area (Å²) in [5.74, 6) is -0.107. The van der Waals surface area contributed by atoms with E-state index in [1.165, 1.54) is 0 Å². The molecule has 1 aliphatic carbocycles. The molecule has 0 bridgehead atoms. The van der Waals surface area contributed by atoms with Crippen LogP contribution in [0.5, 0.6) is 0 Å². The van der Waals surface area contributed by atoms with Crippen molar-refractivity contribution < 1.29 is 9.90 Å². The van der Waals surface area contributed by atoms with Crippen molar-refractivity contribution in [1.29, 1.82) is 0 Å². The Kier molecular flexibility index (Phi) is 1.46. The van der Waals surface area contributed by atoms with Gasteiger partial charge < -0.3 is 9.51 Å². The van der Waals surface area contributed by atoms with Crippen molar-refractivity contribution in [3.63, 3.8) is 0 Å². The second kappa shape index (κ2) is 2.59. The van der Waals surface area contributed by atoms with Crippen molar-refractivity contribution >= 4 is 11.5 Å². The highest BCUT2D eigenvalue weighted by Gasteiger charge is 2.54. The fourth-order valence-electron chi connectivity index (χ4n) is 1.96. The van der Waals surface area contributed by atoms with Crippen LogP contribution >= 0.6 is 0 Å². The number of nitrogens with zero attached hydrogens (tertiary/aromatic N) is 2. The van der Waals surface area contributed by atoms with Gasteiger partial charge in [-0.3, -0.25) is 4.79 Å². The first kappa shape index (κ1) is 8.47. The standard InChI is InChI=1S/C11H10N2O2/c14-10(15)11(4-5-11)9-12-7-8-3-1-2-6-13(8)9/h1-3,6-7H,4-5H2,(H,14,15). The summed E-state index contributed by atoms with van der Waals surface area (Å²) >= 11 is 0. The van der Waals surface area contributed by atoms with Crippen LogP contribution in [0.15, 0.2) is 30.6 Å². The zero-order chi connectivity index (χ0) is 10.5. The topological polar surface area (TPSA) is 54.6 Å². The molecule has 0 saturated heterocycles. The monoisotopic (exact) mass is 202 g/mol. The maximum atomic E-state index is 11.2. The van der Waals surface area contributed by atoms with E-state index in [0.29, 0.717) is 18.7 Å². The molecule has 0 spiro atoms. The molecule has 0 atom stereocenters. The van der Waals surface area contributed by atoms with Crippen LogP contribution in [-0.4, -0.2) is 20.5 Å². The summed E-state index contributed by atoms with van der Waals surface area (Å²) in [6, 6.07) is 5.73. The molecule has 2 heterocycles. The molecular weight excluding hydrogens is 192 g/mol. The molecule has 4 nitrogen and oxygen atoms in total. The first-order chi connectivity index (χ1) is 7.24. The van der Waals surface area contributed by atoms with Gasteiger partial charge in [0.15, 0.2) is 0 Å². The smallest absolute Gasteiger partial charge is 0.317 e. The fourth-order valence-corrected chi connectivity index (χ4v) is 1.96. The molecule has 0 aliphatic heterocycles. The van der Waals surface area contributed by atoms with E-state index in [0.717, 1.165) is 5.52 Å². The van der Waals surface area contributed by atoms with Gasteiger partial charge in [0, 0.05) is 6.20 Å². The molecule has 1 fully saturated rings. The van der Waals surface area contributed by atoms with Crippen molar-refractivity contribution in [2.75, 3.05) is 0 Å². The number of aromatic nitrogens is 2. The second-order valence-electron chi connectivity index (χ2n) is 3.96. The van der Waals surface area contributed by atoms with Crippen LogP contribution in [0.25, 0.3) is 5.52 Å². The summed E-state index contributed by atoms with van der Waals surface area (Å²) in [5, 5.41) is 9.18. The van der Waals surface area contributed by atoms with Gasteiger partial charge in [0.1, 0.15) is 11.2 Å². The lowest BCUT2D eigenvalue weighted by molar-refractivity contribution is -0.140. The molecule has 4 heteroatoms. The molecule has 2 aromatic rings. The van der Waals surface area contributed by atoms with Gasteiger partial charge in [-0.05, 0) is 25.0 Å². The van der Waals surface area contributed by atoms with Gasteiger partial charge in [0.05, 0.1) is 11.7 Å². The SMILES string of the molecule is O=C(O)C1(c2ncc3ccccn23)CC1. The summed E-state index contributed by atoms with van der Waals surface area (Å²) in [5.41, 5.74) is 0.216. The Hall–Kier alpha value is -1.84. The minimum absolute atomic E-state index is 0.658. The highest BCUT2D eigenvalue weighted by atomic mass is 16.4. The number of pyridine rings is 1. The summed E-state index contributed by atoms with van der Waals surface area (Å²) in [4.78, 5) is 15.4. The third-order valence-electron chi connectivity index (χ3n) is 3.03. The number of hydrogen-bond donors (Lipinski definition) is 1. The molecular formula is C11H10N2O2. The summed E-state index contributed by atoms with van der Waals surface area (Å²) in [6.45, 7) is 0. The number of aliphatic carboxylic acids is 1. The molecule has 15 heavy (non-hydrogen) atoms. The van der Waals surface area contributed by atoms with Gasteiger partial charge in [-0.2, -0.15) is 0 Å². The Labute approximate surface area is 86.2 Å². The minimum atomic E-state index is -0.765. The number of hydrogen-bond acceptors (Lipinski definition) is 2. The Morgan fingerprint density at radius 3 is 2.93 bits per heavy atom. The van der Waals surface area contributed by atoms with Crippen molar-refractivity contribution in [3.05, 3.63) is 36.4 Å². The molecule has 76 valence electrons. The molecule has 0 radical (unpaired) electrons. The van der Waals surface area contributed by atoms with Crippen LogP contribution in [0, 0.1) is 0 Å². The molecule has 0 aromatic carbocycles. The maximum Gasteiger partial charge on any atom is 0.317 e. The van der Waals surface area contributed by atoms with E-state index in [2.05, 4.69) is 4.98 Å². The van der Waals surface area contributed by atoms with Gasteiger partial charge in [-0.25, -0.2) is 4.98 Å². The highest BCUT2D eigenvalue weighted by Crippen LogP contribution is 2.47. The van der Waals surface area contributed by atoms with Gasteiger partial charge in [-0.1, -0.05) is 6.07 Å². The quantitative estimate of drug-likeness (QED) is 0.801. The van der Waals surface area contributed by atoms with E-state index in [9.17, 15) is 9.90 Å². The van der Waals surface area contributed by atoms with E-state index < -0.39 is 11.4 Å². The summed E-state index contributed by atoms with van der Waals surface area (Å²) in [7, 11) is 0. The molecule has 1 aliphatic rings. The third kappa shape index (κ3) is 1.02. The Morgan fingerprint density at radius 2 is 2.27 bits per heavy atom. The first-order valence-corrected chi connectivity index (χ1v) is 4.90. The number of rotatable bonds is 2. The Balaban J connectivity index is 2.24. The van der Waals surface area contributed by atoms with Gasteiger partial charge in [0.2, 0.25) is 0 Å². The summed E-state index contributed by atoms with van der Waals surface area (Å²) in [6.07, 6.45) is 4.96.